The number of ether oxygens (including phenoxy) is 1. The van der Waals surface area contributed by atoms with E-state index >= 15 is 0 Å². The maximum Gasteiger partial charge on any atom is 0.251 e. The number of hydrogen-bond acceptors (Lipinski definition) is 3. The molecule has 4 nitrogen and oxygen atoms in total. The average molecular weight is 291 g/mol. The number of nitrogens with one attached hydrogen (secondary N) is 2. The van der Waals surface area contributed by atoms with Crippen molar-refractivity contribution >= 4 is 18.3 Å². The maximum absolute atomic E-state index is 13.3. The molecule has 1 aromatic rings. The van der Waals surface area contributed by atoms with E-state index in [1.54, 1.807) is 26.2 Å². The Morgan fingerprint density at radius 1 is 1.32 bits per heavy atom. The zero-order valence-electron chi connectivity index (χ0n) is 11.2. The molecule has 0 aliphatic heterocycles. The van der Waals surface area contributed by atoms with Gasteiger partial charge in [-0.25, -0.2) is 4.39 Å². The number of carbonyl (C=O) groups is 1. The number of carbonyl (C=O) groups excluding carboxylic acids is 1. The third-order valence-electron chi connectivity index (χ3n) is 2.50. The third kappa shape index (κ3) is 6.52. The van der Waals surface area contributed by atoms with Gasteiger partial charge in [0.15, 0.2) is 0 Å². The fourth-order valence-corrected chi connectivity index (χ4v) is 1.40. The standard InChI is InChI=1S/C13H19FN2O2.ClH/c1-10-3-4-11(9-12(10)14)13(17)16-6-5-15-7-8-18-2;/h3-4,9,15H,5-8H2,1-2H3,(H,16,17);1H. The van der Waals surface area contributed by atoms with Gasteiger partial charge in [-0.05, 0) is 24.6 Å². The van der Waals surface area contributed by atoms with E-state index in [1.165, 1.54) is 6.07 Å². The normalized spacial score (nSPS) is 9.84. The van der Waals surface area contributed by atoms with Crippen LogP contribution in [0.2, 0.25) is 0 Å². The number of aryl methyl sites for hydroxylation is 1. The van der Waals surface area contributed by atoms with Crippen LogP contribution in [0.4, 0.5) is 4.39 Å². The van der Waals surface area contributed by atoms with Gasteiger partial charge in [0.1, 0.15) is 5.82 Å². The van der Waals surface area contributed by atoms with Crippen LogP contribution in [0.15, 0.2) is 18.2 Å². The second kappa shape index (κ2) is 9.72. The quantitative estimate of drug-likeness (QED) is 0.749. The molecular weight excluding hydrogens is 271 g/mol. The summed E-state index contributed by atoms with van der Waals surface area (Å²) in [5.41, 5.74) is 0.878. The molecule has 0 aromatic heterocycles. The minimum atomic E-state index is -0.360. The molecule has 1 rings (SSSR count). The average Bonchev–Trinajstić information content (AvgIpc) is 2.36. The molecular formula is C13H20ClFN2O2. The molecule has 0 atom stereocenters. The van der Waals surface area contributed by atoms with E-state index in [0.29, 0.717) is 30.8 Å². The van der Waals surface area contributed by atoms with E-state index in [1.807, 2.05) is 0 Å². The van der Waals surface area contributed by atoms with Gasteiger partial charge in [0.05, 0.1) is 6.61 Å². The summed E-state index contributed by atoms with van der Waals surface area (Å²) in [6.07, 6.45) is 0. The largest absolute Gasteiger partial charge is 0.383 e. The summed E-state index contributed by atoms with van der Waals surface area (Å²) in [4.78, 5) is 11.7. The molecule has 1 amide bonds. The Labute approximate surface area is 119 Å². The summed E-state index contributed by atoms with van der Waals surface area (Å²) in [6.45, 7) is 4.20. The first-order valence-corrected chi connectivity index (χ1v) is 5.89. The van der Waals surface area contributed by atoms with Crippen molar-refractivity contribution < 1.29 is 13.9 Å². The zero-order valence-corrected chi connectivity index (χ0v) is 12.0. The SMILES string of the molecule is COCCNCCNC(=O)c1ccc(C)c(F)c1.Cl. The topological polar surface area (TPSA) is 50.4 Å². The van der Waals surface area contributed by atoms with Crippen LogP contribution >= 0.6 is 12.4 Å². The van der Waals surface area contributed by atoms with Crippen LogP contribution in [0.5, 0.6) is 0 Å². The Kier molecular flexibility index (Phi) is 9.12. The lowest BCUT2D eigenvalue weighted by atomic mass is 10.1. The van der Waals surface area contributed by atoms with E-state index in [2.05, 4.69) is 10.6 Å². The predicted molar refractivity (Wildman–Crippen MR) is 75.5 cm³/mol. The van der Waals surface area contributed by atoms with Crippen LogP contribution in [0.1, 0.15) is 15.9 Å². The van der Waals surface area contributed by atoms with Gasteiger partial charge >= 0.3 is 0 Å². The Bertz CT molecular complexity index is 402. The lowest BCUT2D eigenvalue weighted by molar-refractivity contribution is 0.0953. The first-order valence-electron chi connectivity index (χ1n) is 5.89. The van der Waals surface area contributed by atoms with Crippen LogP contribution in [-0.4, -0.2) is 39.3 Å². The lowest BCUT2D eigenvalue weighted by Crippen LogP contribution is -2.33. The van der Waals surface area contributed by atoms with Gasteiger partial charge < -0.3 is 15.4 Å². The molecule has 0 heterocycles. The molecule has 0 fully saturated rings. The van der Waals surface area contributed by atoms with Crippen molar-refractivity contribution in [3.05, 3.63) is 35.1 Å². The Morgan fingerprint density at radius 3 is 2.68 bits per heavy atom. The van der Waals surface area contributed by atoms with E-state index < -0.39 is 0 Å². The maximum atomic E-state index is 13.3. The highest BCUT2D eigenvalue weighted by Crippen LogP contribution is 2.08. The Hall–Kier alpha value is -1.17. The summed E-state index contributed by atoms with van der Waals surface area (Å²) in [5, 5.41) is 5.81. The van der Waals surface area contributed by atoms with Gasteiger partial charge in [-0.3, -0.25) is 4.79 Å². The van der Waals surface area contributed by atoms with Gasteiger partial charge in [0.2, 0.25) is 0 Å². The second-order valence-electron chi connectivity index (χ2n) is 3.96. The van der Waals surface area contributed by atoms with E-state index in [0.717, 1.165) is 6.54 Å². The van der Waals surface area contributed by atoms with Crippen LogP contribution in [-0.2, 0) is 4.74 Å². The van der Waals surface area contributed by atoms with Crippen molar-refractivity contribution in [2.75, 3.05) is 33.4 Å². The van der Waals surface area contributed by atoms with Crippen molar-refractivity contribution in [3.8, 4) is 0 Å². The summed E-state index contributed by atoms with van der Waals surface area (Å²) >= 11 is 0. The molecule has 0 unspecified atom stereocenters. The molecule has 0 radical (unpaired) electrons. The fraction of sp³-hybridized carbons (Fsp3) is 0.462. The van der Waals surface area contributed by atoms with Crippen LogP contribution < -0.4 is 10.6 Å². The summed E-state index contributed by atoms with van der Waals surface area (Å²) in [7, 11) is 1.63. The van der Waals surface area contributed by atoms with Crippen molar-refractivity contribution in [1.82, 2.24) is 10.6 Å². The predicted octanol–water partition coefficient (Wildman–Crippen LogP) is 1.52. The highest BCUT2D eigenvalue weighted by molar-refractivity contribution is 5.94. The van der Waals surface area contributed by atoms with E-state index in [4.69, 9.17) is 4.74 Å². The monoisotopic (exact) mass is 290 g/mol. The summed E-state index contributed by atoms with van der Waals surface area (Å²) in [6, 6.07) is 4.47. The fourth-order valence-electron chi connectivity index (χ4n) is 1.40. The molecule has 0 saturated heterocycles. The molecule has 2 N–H and O–H groups in total. The molecule has 0 bridgehead atoms. The number of hydrogen-bond donors (Lipinski definition) is 2. The summed E-state index contributed by atoms with van der Waals surface area (Å²) < 4.78 is 18.1. The van der Waals surface area contributed by atoms with Crippen molar-refractivity contribution in [2.45, 2.75) is 6.92 Å². The number of halogens is 2. The Morgan fingerprint density at radius 2 is 2.05 bits per heavy atom. The summed E-state index contributed by atoms with van der Waals surface area (Å²) in [5.74, 6) is -0.622. The van der Waals surface area contributed by atoms with Gasteiger partial charge in [-0.2, -0.15) is 0 Å². The molecule has 0 aliphatic carbocycles. The van der Waals surface area contributed by atoms with Crippen LogP contribution in [0, 0.1) is 12.7 Å². The highest BCUT2D eigenvalue weighted by atomic mass is 35.5. The number of amides is 1. The number of benzene rings is 1. The minimum Gasteiger partial charge on any atom is -0.383 e. The number of rotatable bonds is 7. The molecule has 19 heavy (non-hydrogen) atoms. The lowest BCUT2D eigenvalue weighted by Gasteiger charge is -2.07. The number of methoxy groups -OCH3 is 1. The van der Waals surface area contributed by atoms with Crippen LogP contribution in [0.3, 0.4) is 0 Å². The highest BCUT2D eigenvalue weighted by Gasteiger charge is 2.06. The third-order valence-corrected chi connectivity index (χ3v) is 2.50. The Balaban J connectivity index is 0.00000324. The molecule has 0 aliphatic rings. The van der Waals surface area contributed by atoms with Crippen molar-refractivity contribution in [3.63, 3.8) is 0 Å². The zero-order chi connectivity index (χ0) is 13.4. The first kappa shape index (κ1) is 17.8. The van der Waals surface area contributed by atoms with Crippen molar-refractivity contribution in [2.24, 2.45) is 0 Å². The van der Waals surface area contributed by atoms with E-state index in [-0.39, 0.29) is 24.1 Å². The molecule has 0 saturated carbocycles. The van der Waals surface area contributed by atoms with E-state index in [9.17, 15) is 9.18 Å². The minimum absolute atomic E-state index is 0. The first-order chi connectivity index (χ1) is 8.65. The van der Waals surface area contributed by atoms with Gasteiger partial charge in [-0.15, -0.1) is 12.4 Å². The van der Waals surface area contributed by atoms with Gasteiger partial charge in [-0.1, -0.05) is 6.07 Å². The second-order valence-corrected chi connectivity index (χ2v) is 3.96. The smallest absolute Gasteiger partial charge is 0.251 e. The van der Waals surface area contributed by atoms with Gasteiger partial charge in [0.25, 0.3) is 5.91 Å². The van der Waals surface area contributed by atoms with Gasteiger partial charge in [0, 0.05) is 32.3 Å². The molecule has 1 aromatic carbocycles. The van der Waals surface area contributed by atoms with Crippen molar-refractivity contribution in [1.29, 1.82) is 0 Å². The molecule has 6 heteroatoms. The van der Waals surface area contributed by atoms with Crippen LogP contribution in [0.25, 0.3) is 0 Å². The molecule has 108 valence electrons. The molecule has 0 spiro atoms.